The van der Waals surface area contributed by atoms with Crippen molar-refractivity contribution in [2.24, 2.45) is 0 Å². The monoisotopic (exact) mass is 330 g/mol. The number of furan rings is 1. The predicted octanol–water partition coefficient (Wildman–Crippen LogP) is 6.16. The fraction of sp³-hybridized carbons (Fsp3) is 0. The molecule has 92 valence electrons. The molecule has 0 bridgehead atoms. The summed E-state index contributed by atoms with van der Waals surface area (Å²) in [5.74, 6) is 0. The first-order valence-electron chi connectivity index (χ1n) is 5.92. The highest BCUT2D eigenvalue weighted by Crippen LogP contribution is 2.37. The Labute approximate surface area is 122 Å². The summed E-state index contributed by atoms with van der Waals surface area (Å²) in [5, 5.41) is 5.14. The van der Waals surface area contributed by atoms with E-state index in [-0.39, 0.29) is 0 Å². The van der Waals surface area contributed by atoms with Crippen LogP contribution >= 0.6 is 27.5 Å². The maximum Gasteiger partial charge on any atom is 0.154 e. The lowest BCUT2D eigenvalue weighted by molar-refractivity contribution is 0.669. The van der Waals surface area contributed by atoms with Gasteiger partial charge in [-0.3, -0.25) is 0 Å². The Morgan fingerprint density at radius 1 is 0.895 bits per heavy atom. The molecule has 3 aromatic carbocycles. The molecule has 4 rings (SSSR count). The smallest absolute Gasteiger partial charge is 0.154 e. The average Bonchev–Trinajstić information content (AvgIpc) is 2.74. The molecule has 0 saturated heterocycles. The third-order valence-electron chi connectivity index (χ3n) is 3.36. The van der Waals surface area contributed by atoms with Crippen molar-refractivity contribution in [3.63, 3.8) is 0 Å². The van der Waals surface area contributed by atoms with Crippen LogP contribution in [0.5, 0.6) is 0 Å². The quantitative estimate of drug-likeness (QED) is 0.376. The Hall–Kier alpha value is -1.51. The Balaban J connectivity index is 2.26. The molecule has 0 atom stereocenters. The van der Waals surface area contributed by atoms with Gasteiger partial charge in [-0.25, -0.2) is 0 Å². The summed E-state index contributed by atoms with van der Waals surface area (Å²) in [7, 11) is 0. The lowest BCUT2D eigenvalue weighted by atomic mass is 10.1. The van der Waals surface area contributed by atoms with Crippen LogP contribution in [-0.2, 0) is 0 Å². The maximum atomic E-state index is 6.24. The van der Waals surface area contributed by atoms with Crippen molar-refractivity contribution < 1.29 is 4.42 Å². The lowest BCUT2D eigenvalue weighted by Crippen LogP contribution is -1.72. The second-order valence-corrected chi connectivity index (χ2v) is 5.88. The molecule has 0 aliphatic heterocycles. The molecular weight excluding hydrogens is 324 g/mol. The van der Waals surface area contributed by atoms with E-state index < -0.39 is 0 Å². The van der Waals surface area contributed by atoms with E-state index in [2.05, 4.69) is 40.2 Å². The molecule has 0 fully saturated rings. The summed E-state index contributed by atoms with van der Waals surface area (Å²) in [6.07, 6.45) is 0. The van der Waals surface area contributed by atoms with Gasteiger partial charge in [-0.05, 0) is 35.0 Å². The largest absolute Gasteiger partial charge is 0.454 e. The standard InChI is InChI=1S/C16H8BrClO/c17-11-7-13-12-5-9-3-1-2-4-10(9)6-15(12)19-16(13)14(18)8-11/h1-8H. The summed E-state index contributed by atoms with van der Waals surface area (Å²) in [5.41, 5.74) is 1.61. The van der Waals surface area contributed by atoms with E-state index >= 15 is 0 Å². The number of rotatable bonds is 0. The first-order valence-corrected chi connectivity index (χ1v) is 7.09. The van der Waals surface area contributed by atoms with Gasteiger partial charge in [-0.15, -0.1) is 0 Å². The van der Waals surface area contributed by atoms with Gasteiger partial charge < -0.3 is 4.42 Å². The van der Waals surface area contributed by atoms with Gasteiger partial charge in [-0.1, -0.05) is 51.8 Å². The molecule has 0 unspecified atom stereocenters. The molecule has 0 aliphatic rings. The van der Waals surface area contributed by atoms with Crippen LogP contribution in [0.2, 0.25) is 5.02 Å². The van der Waals surface area contributed by atoms with Crippen molar-refractivity contribution in [1.29, 1.82) is 0 Å². The minimum atomic E-state index is 0.629. The van der Waals surface area contributed by atoms with Crippen molar-refractivity contribution in [2.75, 3.05) is 0 Å². The van der Waals surface area contributed by atoms with Gasteiger partial charge in [0.2, 0.25) is 0 Å². The molecule has 0 amide bonds. The fourth-order valence-corrected chi connectivity index (χ4v) is 3.34. The molecule has 0 radical (unpaired) electrons. The Morgan fingerprint density at radius 2 is 1.63 bits per heavy atom. The number of benzene rings is 3. The molecule has 0 saturated carbocycles. The van der Waals surface area contributed by atoms with Gasteiger partial charge in [0, 0.05) is 15.2 Å². The predicted molar refractivity (Wildman–Crippen MR) is 83.9 cm³/mol. The van der Waals surface area contributed by atoms with Gasteiger partial charge in [0.15, 0.2) is 5.58 Å². The zero-order valence-corrected chi connectivity index (χ0v) is 12.1. The highest BCUT2D eigenvalue weighted by atomic mass is 79.9. The minimum Gasteiger partial charge on any atom is -0.454 e. The van der Waals surface area contributed by atoms with Gasteiger partial charge >= 0.3 is 0 Å². The van der Waals surface area contributed by atoms with Crippen LogP contribution in [-0.4, -0.2) is 0 Å². The molecule has 3 heteroatoms. The van der Waals surface area contributed by atoms with E-state index in [0.29, 0.717) is 5.02 Å². The van der Waals surface area contributed by atoms with Crippen LogP contribution in [0, 0.1) is 0 Å². The summed E-state index contributed by atoms with van der Waals surface area (Å²) in [6, 6.07) is 16.4. The zero-order chi connectivity index (χ0) is 13.0. The normalized spacial score (nSPS) is 11.7. The highest BCUT2D eigenvalue weighted by molar-refractivity contribution is 9.10. The molecule has 0 spiro atoms. The van der Waals surface area contributed by atoms with Crippen molar-refractivity contribution in [2.45, 2.75) is 0 Å². The number of hydrogen-bond acceptors (Lipinski definition) is 1. The number of halogens is 2. The minimum absolute atomic E-state index is 0.629. The van der Waals surface area contributed by atoms with Crippen molar-refractivity contribution in [1.82, 2.24) is 0 Å². The van der Waals surface area contributed by atoms with E-state index in [0.717, 1.165) is 26.4 Å². The lowest BCUT2D eigenvalue weighted by Gasteiger charge is -1.97. The molecule has 19 heavy (non-hydrogen) atoms. The van der Waals surface area contributed by atoms with Crippen molar-refractivity contribution in [3.05, 3.63) is 58.0 Å². The summed E-state index contributed by atoms with van der Waals surface area (Å²) >= 11 is 9.72. The maximum absolute atomic E-state index is 6.24. The first-order chi connectivity index (χ1) is 9.22. The van der Waals surface area contributed by atoms with E-state index in [1.165, 1.54) is 10.8 Å². The summed E-state index contributed by atoms with van der Waals surface area (Å²) < 4.78 is 6.85. The molecule has 0 N–H and O–H groups in total. The van der Waals surface area contributed by atoms with E-state index in [4.69, 9.17) is 16.0 Å². The second kappa shape index (κ2) is 3.99. The topological polar surface area (TPSA) is 13.1 Å². The molecule has 1 aromatic heterocycles. The van der Waals surface area contributed by atoms with E-state index in [1.807, 2.05) is 24.3 Å². The first kappa shape index (κ1) is 11.3. The Morgan fingerprint density at radius 3 is 2.42 bits per heavy atom. The van der Waals surface area contributed by atoms with Crippen LogP contribution in [0.4, 0.5) is 0 Å². The summed E-state index contributed by atoms with van der Waals surface area (Å²) in [6.45, 7) is 0. The van der Waals surface area contributed by atoms with Gasteiger partial charge in [0.25, 0.3) is 0 Å². The molecule has 1 nitrogen and oxygen atoms in total. The fourth-order valence-electron chi connectivity index (χ4n) is 2.49. The Kier molecular flexibility index (Phi) is 2.38. The molecule has 1 heterocycles. The van der Waals surface area contributed by atoms with Crippen LogP contribution in [0.1, 0.15) is 0 Å². The summed E-state index contributed by atoms with van der Waals surface area (Å²) in [4.78, 5) is 0. The molecule has 4 aromatic rings. The van der Waals surface area contributed by atoms with E-state index in [9.17, 15) is 0 Å². The van der Waals surface area contributed by atoms with Crippen LogP contribution in [0.3, 0.4) is 0 Å². The Bertz CT molecular complexity index is 940. The van der Waals surface area contributed by atoms with E-state index in [1.54, 1.807) is 0 Å². The van der Waals surface area contributed by atoms with Crippen molar-refractivity contribution >= 4 is 60.2 Å². The number of fused-ring (bicyclic) bond motifs is 4. The third kappa shape index (κ3) is 1.67. The third-order valence-corrected chi connectivity index (χ3v) is 4.10. The zero-order valence-electron chi connectivity index (χ0n) is 9.78. The van der Waals surface area contributed by atoms with Gasteiger partial charge in [0.1, 0.15) is 5.58 Å². The van der Waals surface area contributed by atoms with Crippen LogP contribution < -0.4 is 0 Å². The molecular formula is C16H8BrClO. The van der Waals surface area contributed by atoms with Gasteiger partial charge in [-0.2, -0.15) is 0 Å². The van der Waals surface area contributed by atoms with Crippen molar-refractivity contribution in [3.8, 4) is 0 Å². The highest BCUT2D eigenvalue weighted by Gasteiger charge is 2.11. The van der Waals surface area contributed by atoms with Gasteiger partial charge in [0.05, 0.1) is 5.02 Å². The van der Waals surface area contributed by atoms with Crippen LogP contribution in [0.25, 0.3) is 32.7 Å². The second-order valence-electron chi connectivity index (χ2n) is 4.56. The number of hydrogen-bond donors (Lipinski definition) is 0. The van der Waals surface area contributed by atoms with Crippen LogP contribution in [0.15, 0.2) is 57.4 Å². The SMILES string of the molecule is Clc1cc(Br)cc2c1oc1cc3ccccc3cc12. The molecule has 0 aliphatic carbocycles. The average molecular weight is 332 g/mol.